The number of likely N-dealkylation sites (N-methyl/N-ethyl adjacent to an activating group) is 1. The highest BCUT2D eigenvalue weighted by molar-refractivity contribution is 6.30. The lowest BCUT2D eigenvalue weighted by Crippen LogP contribution is -2.41. The van der Waals surface area contributed by atoms with Gasteiger partial charge in [-0.05, 0) is 54.8 Å². The van der Waals surface area contributed by atoms with Crippen molar-refractivity contribution in [2.45, 2.75) is 24.6 Å². The first-order valence-corrected chi connectivity index (χ1v) is 12.4. The quantitative estimate of drug-likeness (QED) is 0.288. The van der Waals surface area contributed by atoms with Crippen molar-refractivity contribution in [3.05, 3.63) is 64.7 Å². The first kappa shape index (κ1) is 25.6. The van der Waals surface area contributed by atoms with Gasteiger partial charge in [-0.2, -0.15) is 28.1 Å². The number of halogens is 4. The number of benzene rings is 2. The minimum atomic E-state index is -5.33. The van der Waals surface area contributed by atoms with E-state index in [-0.39, 0.29) is 17.8 Å². The summed E-state index contributed by atoms with van der Waals surface area (Å²) in [6.07, 6.45) is -3.94. The van der Waals surface area contributed by atoms with E-state index < -0.39 is 24.3 Å². The fraction of sp³-hybridized carbons (Fsp3) is 0.385. The molecule has 1 heterocycles. The number of aromatic nitrogens is 3. The number of ether oxygens (including phenoxy) is 1. The number of rotatable bonds is 11. The summed E-state index contributed by atoms with van der Waals surface area (Å²) in [4.78, 5) is 24.5. The van der Waals surface area contributed by atoms with Crippen molar-refractivity contribution in [2.75, 3.05) is 51.4 Å². The SMILES string of the molecule is [2H]C([2H])(Oc1nc(Nc2ccc(C(=O)NCC[N+](C)(C)C)cc2)nc(NC2(c3ccc(Cl)cc3)CC2)n1)C(F)(F)F. The predicted octanol–water partition coefficient (Wildman–Crippen LogP) is 4.75. The van der Waals surface area contributed by atoms with E-state index in [0.717, 1.165) is 12.1 Å². The Labute approximate surface area is 232 Å². The lowest BCUT2D eigenvalue weighted by atomic mass is 10.1. The first-order chi connectivity index (χ1) is 19.1. The molecule has 3 aromatic rings. The summed E-state index contributed by atoms with van der Waals surface area (Å²) >= 11 is 6.00. The Balaban J connectivity index is 1.55. The van der Waals surface area contributed by atoms with Gasteiger partial charge in [0.1, 0.15) is 0 Å². The Morgan fingerprint density at radius 3 is 2.28 bits per heavy atom. The number of carbonyl (C=O) groups excluding carboxylic acids is 1. The van der Waals surface area contributed by atoms with E-state index in [1.54, 1.807) is 36.4 Å². The largest absolute Gasteiger partial charge is 0.454 e. The normalized spacial score (nSPS) is 15.6. The number of hydrogen-bond donors (Lipinski definition) is 3. The number of carbonyl (C=O) groups is 1. The molecule has 0 unspecified atom stereocenters. The van der Waals surface area contributed by atoms with Gasteiger partial charge in [-0.15, -0.1) is 0 Å². The van der Waals surface area contributed by atoms with Crippen LogP contribution in [0.2, 0.25) is 5.02 Å². The lowest BCUT2D eigenvalue weighted by Gasteiger charge is -2.23. The molecule has 0 spiro atoms. The van der Waals surface area contributed by atoms with Crippen LogP contribution in [0.15, 0.2) is 48.5 Å². The molecule has 9 nitrogen and oxygen atoms in total. The zero-order chi connectivity index (χ0) is 30.1. The molecular formula is C26H30ClF3N7O2+. The van der Waals surface area contributed by atoms with Gasteiger partial charge in [0.15, 0.2) is 6.56 Å². The van der Waals surface area contributed by atoms with Gasteiger partial charge >= 0.3 is 12.2 Å². The number of alkyl halides is 3. The molecule has 0 aliphatic heterocycles. The van der Waals surface area contributed by atoms with Crippen LogP contribution in [0.5, 0.6) is 6.01 Å². The molecule has 2 aromatic carbocycles. The third kappa shape index (κ3) is 8.42. The second kappa shape index (κ2) is 11.2. The van der Waals surface area contributed by atoms with E-state index in [9.17, 15) is 18.0 Å². The Morgan fingerprint density at radius 1 is 1.05 bits per heavy atom. The molecule has 1 fully saturated rings. The zero-order valence-corrected chi connectivity index (χ0v) is 22.3. The van der Waals surface area contributed by atoms with Crippen molar-refractivity contribution in [3.8, 4) is 6.01 Å². The number of quaternary nitrogens is 1. The molecule has 208 valence electrons. The van der Waals surface area contributed by atoms with Crippen molar-refractivity contribution >= 4 is 35.1 Å². The Kier molecular flexibility index (Phi) is 7.38. The molecule has 4 rings (SSSR count). The topological polar surface area (TPSA) is 101 Å². The number of nitrogens with zero attached hydrogens (tertiary/aromatic N) is 4. The minimum absolute atomic E-state index is 0.115. The lowest BCUT2D eigenvalue weighted by molar-refractivity contribution is -0.869. The van der Waals surface area contributed by atoms with Gasteiger partial charge in [0.25, 0.3) is 5.91 Å². The highest BCUT2D eigenvalue weighted by atomic mass is 35.5. The number of nitrogens with one attached hydrogen (secondary N) is 3. The molecule has 0 bridgehead atoms. The monoisotopic (exact) mass is 566 g/mol. The summed E-state index contributed by atoms with van der Waals surface area (Å²) in [5.74, 6) is -0.558. The van der Waals surface area contributed by atoms with Crippen molar-refractivity contribution in [3.63, 3.8) is 0 Å². The molecule has 1 aliphatic rings. The minimum Gasteiger partial charge on any atom is -0.454 e. The van der Waals surface area contributed by atoms with Crippen molar-refractivity contribution in [1.29, 1.82) is 0 Å². The number of anilines is 3. The van der Waals surface area contributed by atoms with E-state index in [1.165, 1.54) is 0 Å². The molecule has 0 saturated heterocycles. The summed E-state index contributed by atoms with van der Waals surface area (Å²) in [5, 5.41) is 9.38. The molecule has 1 amide bonds. The van der Waals surface area contributed by atoms with Gasteiger partial charge in [-0.1, -0.05) is 23.7 Å². The fourth-order valence-corrected chi connectivity index (χ4v) is 3.78. The summed E-state index contributed by atoms with van der Waals surface area (Å²) in [7, 11) is 6.06. The number of amides is 1. The molecule has 1 saturated carbocycles. The standard InChI is InChI=1S/C26H29ClF3N7O2/c1-37(2,3)15-14-31-21(38)17-4-10-20(11-5-17)32-22-33-23(35-24(34-22)39-16-26(28,29)30)36-25(12-13-25)18-6-8-19(27)9-7-18/h4-11H,12-16H2,1-3H3,(H2-,31,32,33,34,35,36,38)/p+1/i16D2. The van der Waals surface area contributed by atoms with Crippen LogP contribution in [-0.4, -0.2) is 72.3 Å². The van der Waals surface area contributed by atoms with Crippen LogP contribution >= 0.6 is 11.6 Å². The first-order valence-electron chi connectivity index (χ1n) is 13.1. The molecule has 13 heteroatoms. The average molecular weight is 567 g/mol. The van der Waals surface area contributed by atoms with Crippen LogP contribution in [-0.2, 0) is 5.54 Å². The maximum absolute atomic E-state index is 13.2. The van der Waals surface area contributed by atoms with Crippen molar-refractivity contribution in [2.24, 2.45) is 0 Å². The Bertz CT molecular complexity index is 1380. The highest BCUT2D eigenvalue weighted by Gasteiger charge is 2.45. The fourth-order valence-electron chi connectivity index (χ4n) is 3.65. The predicted molar refractivity (Wildman–Crippen MR) is 142 cm³/mol. The molecule has 0 radical (unpaired) electrons. The van der Waals surface area contributed by atoms with E-state index >= 15 is 0 Å². The Hall–Kier alpha value is -3.64. The third-order valence-corrected chi connectivity index (χ3v) is 6.09. The van der Waals surface area contributed by atoms with Gasteiger partial charge in [-0.3, -0.25) is 4.79 Å². The summed E-state index contributed by atoms with van der Waals surface area (Å²) in [5.41, 5.74) is 1.13. The zero-order valence-electron chi connectivity index (χ0n) is 23.6. The van der Waals surface area contributed by atoms with Crippen LogP contribution in [0.25, 0.3) is 0 Å². The summed E-state index contributed by atoms with van der Waals surface area (Å²) < 4.78 is 59.4. The molecular weight excluding hydrogens is 535 g/mol. The van der Waals surface area contributed by atoms with E-state index in [0.29, 0.717) is 40.1 Å². The van der Waals surface area contributed by atoms with Crippen LogP contribution in [0.1, 0.15) is 31.5 Å². The maximum Gasteiger partial charge on any atom is 0.422 e. The van der Waals surface area contributed by atoms with Crippen LogP contribution in [0.4, 0.5) is 30.8 Å². The van der Waals surface area contributed by atoms with Gasteiger partial charge < -0.3 is 25.2 Å². The van der Waals surface area contributed by atoms with Gasteiger partial charge in [0.05, 0.1) is 42.5 Å². The van der Waals surface area contributed by atoms with Crippen LogP contribution < -0.4 is 20.7 Å². The summed E-state index contributed by atoms with van der Waals surface area (Å²) in [6.45, 7) is -2.80. The van der Waals surface area contributed by atoms with Crippen LogP contribution in [0, 0.1) is 0 Å². The average Bonchev–Trinajstić information content (AvgIpc) is 3.63. The molecule has 0 atom stereocenters. The van der Waals surface area contributed by atoms with Gasteiger partial charge in [-0.25, -0.2) is 0 Å². The highest BCUT2D eigenvalue weighted by Crippen LogP contribution is 2.48. The smallest absolute Gasteiger partial charge is 0.422 e. The second-order valence-corrected chi connectivity index (χ2v) is 10.6. The molecule has 39 heavy (non-hydrogen) atoms. The maximum atomic E-state index is 13.2. The second-order valence-electron chi connectivity index (χ2n) is 10.2. The Morgan fingerprint density at radius 2 is 1.69 bits per heavy atom. The van der Waals surface area contributed by atoms with Crippen molar-refractivity contribution < 1.29 is 29.9 Å². The third-order valence-electron chi connectivity index (χ3n) is 5.84. The summed E-state index contributed by atoms with van der Waals surface area (Å²) in [6, 6.07) is 12.5. The van der Waals surface area contributed by atoms with Crippen LogP contribution in [0.3, 0.4) is 0 Å². The molecule has 1 aromatic heterocycles. The van der Waals surface area contributed by atoms with E-state index in [1.807, 2.05) is 33.3 Å². The van der Waals surface area contributed by atoms with Gasteiger partial charge in [0.2, 0.25) is 11.9 Å². The van der Waals surface area contributed by atoms with E-state index in [4.69, 9.17) is 14.3 Å². The van der Waals surface area contributed by atoms with Crippen molar-refractivity contribution in [1.82, 2.24) is 20.3 Å². The number of hydrogen-bond acceptors (Lipinski definition) is 7. The molecule has 3 N–H and O–H groups in total. The van der Waals surface area contributed by atoms with Gasteiger partial charge in [0, 0.05) is 16.3 Å². The van der Waals surface area contributed by atoms with E-state index in [2.05, 4.69) is 35.6 Å². The molecule has 1 aliphatic carbocycles.